The van der Waals surface area contributed by atoms with Crippen molar-refractivity contribution in [2.45, 2.75) is 0 Å². The van der Waals surface area contributed by atoms with E-state index >= 15 is 0 Å². The Morgan fingerprint density at radius 3 is 2.91 bits per heavy atom. The van der Waals surface area contributed by atoms with Crippen LogP contribution in [0.2, 0.25) is 0 Å². The molecule has 2 heterocycles. The first-order chi connectivity index (χ1) is 11.1. The fraction of sp³-hybridized carbons (Fsp3) is 0. The predicted octanol–water partition coefficient (Wildman–Crippen LogP) is 2.82. The van der Waals surface area contributed by atoms with E-state index in [-0.39, 0.29) is 11.5 Å². The summed E-state index contributed by atoms with van der Waals surface area (Å²) in [5, 5.41) is 8.90. The second-order valence-corrected chi connectivity index (χ2v) is 5.18. The van der Waals surface area contributed by atoms with Crippen molar-refractivity contribution in [1.82, 2.24) is 15.2 Å². The number of aromatic nitrogens is 3. The fourth-order valence-corrected chi connectivity index (χ4v) is 2.72. The highest BCUT2D eigenvalue weighted by Crippen LogP contribution is 2.31. The van der Waals surface area contributed by atoms with Crippen LogP contribution in [0.1, 0.15) is 10.5 Å². The van der Waals surface area contributed by atoms with E-state index < -0.39 is 5.91 Å². The van der Waals surface area contributed by atoms with Gasteiger partial charge >= 0.3 is 0 Å². The van der Waals surface area contributed by atoms with Crippen LogP contribution in [0.5, 0.6) is 0 Å². The summed E-state index contributed by atoms with van der Waals surface area (Å²) < 4.78 is 13.8. The maximum absolute atomic E-state index is 13.8. The molecular formula is C17H10FN4O. The molecule has 0 aliphatic carbocycles. The molecule has 4 rings (SSSR count). The third-order valence-electron chi connectivity index (χ3n) is 3.77. The molecule has 0 saturated heterocycles. The minimum Gasteiger partial charge on any atom is -0.364 e. The van der Waals surface area contributed by atoms with Crippen LogP contribution in [-0.2, 0) is 0 Å². The number of hydrogen-bond donors (Lipinski definition) is 2. The monoisotopic (exact) mass is 305 g/mol. The molecule has 0 saturated carbocycles. The number of nitrogens with two attached hydrogens (primary N) is 1. The van der Waals surface area contributed by atoms with Crippen LogP contribution in [0.3, 0.4) is 0 Å². The van der Waals surface area contributed by atoms with E-state index in [4.69, 9.17) is 5.73 Å². The van der Waals surface area contributed by atoms with Gasteiger partial charge in [0.1, 0.15) is 11.5 Å². The van der Waals surface area contributed by atoms with Crippen molar-refractivity contribution in [3.63, 3.8) is 0 Å². The number of aromatic amines is 1. The first-order valence-corrected chi connectivity index (χ1v) is 6.87. The maximum atomic E-state index is 13.8. The van der Waals surface area contributed by atoms with Crippen molar-refractivity contribution in [2.75, 3.05) is 0 Å². The molecule has 4 aromatic rings. The standard InChI is InChI=1S/C17H10FN4O/c18-11-6-12(14-8-21-22-15(14)7-11)10-2-1-9-3-4-20-16(17(19)23)13(9)5-10/h1-3,5-8H,(H2,19,23)(H,21,22). The highest BCUT2D eigenvalue weighted by molar-refractivity contribution is 6.06. The molecule has 0 fully saturated rings. The van der Waals surface area contributed by atoms with Crippen molar-refractivity contribution >= 4 is 27.6 Å². The number of pyridine rings is 1. The summed E-state index contributed by atoms with van der Waals surface area (Å²) in [6, 6.07) is 9.94. The maximum Gasteiger partial charge on any atom is 0.267 e. The average molecular weight is 305 g/mol. The summed E-state index contributed by atoms with van der Waals surface area (Å²) in [6.45, 7) is 0. The van der Waals surface area contributed by atoms with Crippen LogP contribution in [0, 0.1) is 12.0 Å². The Labute approximate surface area is 130 Å². The van der Waals surface area contributed by atoms with Gasteiger partial charge in [0, 0.05) is 10.8 Å². The number of H-pyrrole nitrogens is 1. The van der Waals surface area contributed by atoms with Gasteiger partial charge in [0.15, 0.2) is 0 Å². The number of halogens is 1. The van der Waals surface area contributed by atoms with Crippen molar-refractivity contribution < 1.29 is 9.18 Å². The number of amides is 1. The van der Waals surface area contributed by atoms with Crippen LogP contribution >= 0.6 is 0 Å². The fourth-order valence-electron chi connectivity index (χ4n) is 2.72. The third kappa shape index (κ3) is 2.12. The lowest BCUT2D eigenvalue weighted by atomic mass is 9.98. The number of hydrogen-bond acceptors (Lipinski definition) is 3. The van der Waals surface area contributed by atoms with E-state index in [9.17, 15) is 9.18 Å². The molecule has 5 nitrogen and oxygen atoms in total. The smallest absolute Gasteiger partial charge is 0.267 e. The van der Waals surface area contributed by atoms with Gasteiger partial charge in [-0.25, -0.2) is 9.37 Å². The molecule has 2 aromatic heterocycles. The van der Waals surface area contributed by atoms with E-state index in [1.165, 1.54) is 12.1 Å². The summed E-state index contributed by atoms with van der Waals surface area (Å²) in [4.78, 5) is 15.5. The Morgan fingerprint density at radius 1 is 1.22 bits per heavy atom. The zero-order chi connectivity index (χ0) is 16.0. The number of benzene rings is 2. The van der Waals surface area contributed by atoms with E-state index in [0.717, 1.165) is 16.3 Å². The van der Waals surface area contributed by atoms with Crippen LogP contribution in [-0.4, -0.2) is 21.1 Å². The van der Waals surface area contributed by atoms with Gasteiger partial charge in [0.2, 0.25) is 0 Å². The van der Waals surface area contributed by atoms with E-state index in [0.29, 0.717) is 16.5 Å². The lowest BCUT2D eigenvalue weighted by Crippen LogP contribution is -2.13. The zero-order valence-electron chi connectivity index (χ0n) is 11.8. The molecule has 3 N–H and O–H groups in total. The minimum absolute atomic E-state index is 0.143. The molecule has 111 valence electrons. The predicted molar refractivity (Wildman–Crippen MR) is 84.1 cm³/mol. The van der Waals surface area contributed by atoms with Crippen LogP contribution < -0.4 is 5.73 Å². The van der Waals surface area contributed by atoms with Gasteiger partial charge in [0.25, 0.3) is 5.91 Å². The van der Waals surface area contributed by atoms with Gasteiger partial charge in [-0.2, -0.15) is 5.10 Å². The van der Waals surface area contributed by atoms with Gasteiger partial charge in [-0.1, -0.05) is 12.1 Å². The van der Waals surface area contributed by atoms with Gasteiger partial charge in [-0.3, -0.25) is 9.89 Å². The SMILES string of the molecule is NC(=O)c1n[c]cc2ccc(-c3cc(F)cc4[nH]ncc34)cc12. The summed E-state index contributed by atoms with van der Waals surface area (Å²) >= 11 is 0. The van der Waals surface area contributed by atoms with Crippen LogP contribution in [0.4, 0.5) is 4.39 Å². The quantitative estimate of drug-likeness (QED) is 0.597. The van der Waals surface area contributed by atoms with Gasteiger partial charge < -0.3 is 5.73 Å². The van der Waals surface area contributed by atoms with Crippen LogP contribution in [0.15, 0.2) is 42.6 Å². The first kappa shape index (κ1) is 13.4. The number of nitrogens with zero attached hydrogens (tertiary/aromatic N) is 2. The first-order valence-electron chi connectivity index (χ1n) is 6.87. The lowest BCUT2D eigenvalue weighted by Gasteiger charge is -2.07. The molecular weight excluding hydrogens is 295 g/mol. The topological polar surface area (TPSA) is 84.7 Å². The summed E-state index contributed by atoms with van der Waals surface area (Å²) in [5.41, 5.74) is 7.55. The molecule has 0 aliphatic heterocycles. The number of rotatable bonds is 2. The Balaban J connectivity index is 2.03. The van der Waals surface area contributed by atoms with Gasteiger partial charge in [-0.15, -0.1) is 0 Å². The van der Waals surface area contributed by atoms with Crippen molar-refractivity contribution in [3.8, 4) is 11.1 Å². The minimum atomic E-state index is -0.628. The highest BCUT2D eigenvalue weighted by atomic mass is 19.1. The summed E-state index contributed by atoms with van der Waals surface area (Å²) in [7, 11) is 0. The molecule has 0 spiro atoms. The van der Waals surface area contributed by atoms with Crippen molar-refractivity contribution in [1.29, 1.82) is 0 Å². The number of primary amides is 1. The molecule has 0 aliphatic rings. The molecule has 0 atom stereocenters. The Bertz CT molecular complexity index is 1070. The highest BCUT2D eigenvalue weighted by Gasteiger charge is 2.12. The van der Waals surface area contributed by atoms with Crippen molar-refractivity contribution in [2.24, 2.45) is 5.73 Å². The lowest BCUT2D eigenvalue weighted by molar-refractivity contribution is 0.0997. The molecule has 23 heavy (non-hydrogen) atoms. The molecule has 2 aromatic carbocycles. The Kier molecular flexibility index (Phi) is 2.84. The molecule has 6 heteroatoms. The third-order valence-corrected chi connectivity index (χ3v) is 3.77. The largest absolute Gasteiger partial charge is 0.364 e. The number of fused-ring (bicyclic) bond motifs is 2. The molecule has 0 unspecified atom stereocenters. The Hall–Kier alpha value is -3.28. The van der Waals surface area contributed by atoms with E-state index in [1.54, 1.807) is 18.3 Å². The number of carbonyl (C=O) groups is 1. The second-order valence-electron chi connectivity index (χ2n) is 5.18. The normalized spacial score (nSPS) is 11.2. The van der Waals surface area contributed by atoms with E-state index in [1.807, 2.05) is 12.1 Å². The van der Waals surface area contributed by atoms with Gasteiger partial charge in [-0.05, 0) is 40.8 Å². The van der Waals surface area contributed by atoms with Crippen LogP contribution in [0.25, 0.3) is 32.8 Å². The average Bonchev–Trinajstić information content (AvgIpc) is 3.01. The molecule has 1 radical (unpaired) electrons. The summed E-state index contributed by atoms with van der Waals surface area (Å²) in [5.74, 6) is -0.997. The molecule has 1 amide bonds. The zero-order valence-corrected chi connectivity index (χ0v) is 11.8. The molecule has 0 bridgehead atoms. The van der Waals surface area contributed by atoms with Gasteiger partial charge in [0.05, 0.1) is 17.9 Å². The Morgan fingerprint density at radius 2 is 2.09 bits per heavy atom. The van der Waals surface area contributed by atoms with E-state index in [2.05, 4.69) is 21.4 Å². The number of nitrogens with one attached hydrogen (secondary N) is 1. The summed E-state index contributed by atoms with van der Waals surface area (Å²) in [6.07, 6.45) is 4.29. The van der Waals surface area contributed by atoms with Crippen molar-refractivity contribution in [3.05, 3.63) is 60.3 Å². The number of carbonyl (C=O) groups excluding carboxylic acids is 1. The second kappa shape index (κ2) is 4.88.